The SMILES string of the molecule is O=C(NCc1ccc(F)cc1)c1cc2n(n1)CCN(Cc1c(Cl)cccc1Cl)C2=O. The Hall–Kier alpha value is -2.90. The molecule has 9 heteroatoms. The zero-order valence-electron chi connectivity index (χ0n) is 15.7. The number of carbonyl (C=O) groups is 2. The van der Waals surface area contributed by atoms with Gasteiger partial charge in [0, 0.05) is 41.3 Å². The molecule has 30 heavy (non-hydrogen) atoms. The van der Waals surface area contributed by atoms with Crippen molar-refractivity contribution in [2.75, 3.05) is 6.54 Å². The van der Waals surface area contributed by atoms with Crippen molar-refractivity contribution >= 4 is 35.0 Å². The molecular formula is C21H17Cl2FN4O2. The maximum absolute atomic E-state index is 13.0. The van der Waals surface area contributed by atoms with Crippen LogP contribution in [0, 0.1) is 5.82 Å². The predicted octanol–water partition coefficient (Wildman–Crippen LogP) is 3.92. The van der Waals surface area contributed by atoms with Crippen molar-refractivity contribution in [3.8, 4) is 0 Å². The summed E-state index contributed by atoms with van der Waals surface area (Å²) in [5, 5.41) is 7.97. The average Bonchev–Trinajstić information content (AvgIpc) is 3.17. The Bertz CT molecular complexity index is 1090. The van der Waals surface area contributed by atoms with E-state index >= 15 is 0 Å². The minimum absolute atomic E-state index is 0.151. The lowest BCUT2D eigenvalue weighted by atomic mass is 10.1. The molecular weight excluding hydrogens is 430 g/mol. The number of hydrogen-bond donors (Lipinski definition) is 1. The van der Waals surface area contributed by atoms with Gasteiger partial charge in [0.15, 0.2) is 5.69 Å². The van der Waals surface area contributed by atoms with E-state index in [9.17, 15) is 14.0 Å². The Balaban J connectivity index is 1.46. The Morgan fingerprint density at radius 1 is 1.10 bits per heavy atom. The maximum Gasteiger partial charge on any atom is 0.272 e. The van der Waals surface area contributed by atoms with Crippen molar-refractivity contribution in [2.24, 2.45) is 0 Å². The fourth-order valence-corrected chi connectivity index (χ4v) is 3.77. The van der Waals surface area contributed by atoms with E-state index in [1.807, 2.05) is 0 Å². The first kappa shape index (κ1) is 20.4. The van der Waals surface area contributed by atoms with E-state index in [0.717, 1.165) is 5.56 Å². The maximum atomic E-state index is 13.0. The van der Waals surface area contributed by atoms with Crippen LogP contribution in [-0.2, 0) is 19.6 Å². The summed E-state index contributed by atoms with van der Waals surface area (Å²) >= 11 is 12.4. The Kier molecular flexibility index (Phi) is 5.74. The Labute approximate surface area is 182 Å². The second kappa shape index (κ2) is 8.45. The van der Waals surface area contributed by atoms with Gasteiger partial charge in [0.1, 0.15) is 11.5 Å². The summed E-state index contributed by atoms with van der Waals surface area (Å²) in [5.41, 5.74) is 1.92. The molecule has 0 aliphatic carbocycles. The molecule has 1 aliphatic rings. The summed E-state index contributed by atoms with van der Waals surface area (Å²) in [5.74, 6) is -0.995. The molecule has 0 bridgehead atoms. The largest absolute Gasteiger partial charge is 0.347 e. The van der Waals surface area contributed by atoms with E-state index in [2.05, 4.69) is 10.4 Å². The number of carbonyl (C=O) groups excluding carboxylic acids is 2. The molecule has 0 spiro atoms. The van der Waals surface area contributed by atoms with Gasteiger partial charge in [0.25, 0.3) is 11.8 Å². The minimum Gasteiger partial charge on any atom is -0.347 e. The number of fused-ring (bicyclic) bond motifs is 1. The summed E-state index contributed by atoms with van der Waals surface area (Å²) < 4.78 is 14.5. The monoisotopic (exact) mass is 446 g/mol. The van der Waals surface area contributed by atoms with Gasteiger partial charge in [-0.05, 0) is 29.8 Å². The fourth-order valence-electron chi connectivity index (χ4n) is 3.25. The van der Waals surface area contributed by atoms with Crippen LogP contribution >= 0.6 is 23.2 Å². The summed E-state index contributed by atoms with van der Waals surface area (Å²) in [7, 11) is 0. The van der Waals surface area contributed by atoms with Crippen LogP contribution in [0.25, 0.3) is 0 Å². The van der Waals surface area contributed by atoms with Crippen molar-refractivity contribution in [1.29, 1.82) is 0 Å². The lowest BCUT2D eigenvalue weighted by Gasteiger charge is -2.28. The third-order valence-electron chi connectivity index (χ3n) is 4.88. The number of nitrogens with zero attached hydrogens (tertiary/aromatic N) is 3. The standard InChI is InChI=1S/C21H17Cl2FN4O2/c22-16-2-1-3-17(23)15(16)12-27-8-9-28-19(21(27)30)10-18(26-28)20(29)25-11-13-4-6-14(24)7-5-13/h1-7,10H,8-9,11-12H2,(H,25,29). The topological polar surface area (TPSA) is 67.2 Å². The van der Waals surface area contributed by atoms with E-state index < -0.39 is 5.91 Å². The Morgan fingerprint density at radius 2 is 1.80 bits per heavy atom. The fraction of sp³-hybridized carbons (Fsp3) is 0.190. The van der Waals surface area contributed by atoms with Crippen LogP contribution in [0.2, 0.25) is 10.0 Å². The number of amides is 2. The summed E-state index contributed by atoms with van der Waals surface area (Å²) in [4.78, 5) is 27.0. The lowest BCUT2D eigenvalue weighted by molar-refractivity contribution is 0.0683. The van der Waals surface area contributed by atoms with Crippen molar-refractivity contribution in [3.05, 3.63) is 86.9 Å². The molecule has 1 aromatic heterocycles. The molecule has 0 fully saturated rings. The van der Waals surface area contributed by atoms with Crippen LogP contribution in [0.5, 0.6) is 0 Å². The molecule has 1 aliphatic heterocycles. The first-order valence-corrected chi connectivity index (χ1v) is 10.0. The minimum atomic E-state index is -0.408. The highest BCUT2D eigenvalue weighted by Crippen LogP contribution is 2.27. The highest BCUT2D eigenvalue weighted by Gasteiger charge is 2.28. The molecule has 4 rings (SSSR count). The van der Waals surface area contributed by atoms with E-state index in [-0.39, 0.29) is 30.5 Å². The molecule has 0 saturated carbocycles. The first-order valence-electron chi connectivity index (χ1n) is 9.25. The highest BCUT2D eigenvalue weighted by molar-refractivity contribution is 6.36. The lowest BCUT2D eigenvalue weighted by Crippen LogP contribution is -2.39. The van der Waals surface area contributed by atoms with Crippen LogP contribution in [0.15, 0.2) is 48.5 Å². The predicted molar refractivity (Wildman–Crippen MR) is 111 cm³/mol. The van der Waals surface area contributed by atoms with Gasteiger partial charge < -0.3 is 10.2 Å². The molecule has 0 radical (unpaired) electrons. The van der Waals surface area contributed by atoms with Crippen molar-refractivity contribution in [1.82, 2.24) is 20.0 Å². The molecule has 6 nitrogen and oxygen atoms in total. The molecule has 3 aromatic rings. The summed E-state index contributed by atoms with van der Waals surface area (Å²) in [6.45, 7) is 1.38. The molecule has 2 aromatic carbocycles. The van der Waals surface area contributed by atoms with Gasteiger partial charge in [-0.15, -0.1) is 0 Å². The Morgan fingerprint density at radius 3 is 2.50 bits per heavy atom. The van der Waals surface area contributed by atoms with Gasteiger partial charge in [-0.1, -0.05) is 41.4 Å². The van der Waals surface area contributed by atoms with Gasteiger partial charge in [-0.25, -0.2) is 4.39 Å². The molecule has 2 amide bonds. The van der Waals surface area contributed by atoms with Gasteiger partial charge in [0.05, 0.1) is 6.54 Å². The molecule has 0 saturated heterocycles. The molecule has 1 N–H and O–H groups in total. The number of rotatable bonds is 5. The van der Waals surface area contributed by atoms with Crippen LogP contribution in [0.1, 0.15) is 32.1 Å². The summed E-state index contributed by atoms with van der Waals surface area (Å²) in [6, 6.07) is 12.5. The normalized spacial score (nSPS) is 13.3. The highest BCUT2D eigenvalue weighted by atomic mass is 35.5. The van der Waals surface area contributed by atoms with E-state index in [1.54, 1.807) is 35.2 Å². The zero-order chi connectivity index (χ0) is 21.3. The van der Waals surface area contributed by atoms with Crippen molar-refractivity contribution < 1.29 is 14.0 Å². The number of benzene rings is 2. The molecule has 2 heterocycles. The second-order valence-corrected chi connectivity index (χ2v) is 7.69. The molecule has 0 unspecified atom stereocenters. The van der Waals surface area contributed by atoms with Crippen LogP contribution in [0.4, 0.5) is 4.39 Å². The first-order chi connectivity index (χ1) is 14.4. The molecule has 154 valence electrons. The smallest absolute Gasteiger partial charge is 0.272 e. The summed E-state index contributed by atoms with van der Waals surface area (Å²) in [6.07, 6.45) is 0. The second-order valence-electron chi connectivity index (χ2n) is 6.87. The van der Waals surface area contributed by atoms with E-state index in [4.69, 9.17) is 23.2 Å². The quantitative estimate of drug-likeness (QED) is 0.645. The number of halogens is 3. The van der Waals surface area contributed by atoms with Crippen molar-refractivity contribution in [3.63, 3.8) is 0 Å². The number of hydrogen-bond acceptors (Lipinski definition) is 3. The number of aromatic nitrogens is 2. The van der Waals surface area contributed by atoms with Crippen LogP contribution in [0.3, 0.4) is 0 Å². The van der Waals surface area contributed by atoms with Gasteiger partial charge >= 0.3 is 0 Å². The average molecular weight is 447 g/mol. The number of nitrogens with one attached hydrogen (secondary N) is 1. The molecule has 0 atom stereocenters. The van der Waals surface area contributed by atoms with Gasteiger partial charge in [-0.3, -0.25) is 14.3 Å². The van der Waals surface area contributed by atoms with Gasteiger partial charge in [0.2, 0.25) is 0 Å². The van der Waals surface area contributed by atoms with E-state index in [1.165, 1.54) is 22.9 Å². The zero-order valence-corrected chi connectivity index (χ0v) is 17.3. The van der Waals surface area contributed by atoms with E-state index in [0.29, 0.717) is 34.4 Å². The third kappa shape index (κ3) is 4.17. The van der Waals surface area contributed by atoms with Crippen LogP contribution < -0.4 is 5.32 Å². The van der Waals surface area contributed by atoms with Gasteiger partial charge in [-0.2, -0.15) is 5.10 Å². The third-order valence-corrected chi connectivity index (χ3v) is 5.59. The van der Waals surface area contributed by atoms with Crippen LogP contribution in [-0.4, -0.2) is 33.0 Å². The van der Waals surface area contributed by atoms with Crippen molar-refractivity contribution in [2.45, 2.75) is 19.6 Å².